The quantitative estimate of drug-likeness (QED) is 0.0222. The second kappa shape index (κ2) is 78.6. The van der Waals surface area contributed by atoms with Gasteiger partial charge in [-0.15, -0.1) is 0 Å². The number of unbranched alkanes of at least 4 members (excludes halogenated alkanes) is 50. The highest BCUT2D eigenvalue weighted by Crippen LogP contribution is 2.45. The van der Waals surface area contributed by atoms with E-state index in [-0.39, 0.29) is 25.7 Å². The maximum atomic E-state index is 13.2. The minimum Gasteiger partial charge on any atom is -0.462 e. The van der Waals surface area contributed by atoms with E-state index in [1.807, 2.05) is 0 Å². The Hall–Kier alpha value is -1.94. The summed E-state index contributed by atoms with van der Waals surface area (Å²) in [5, 5.41) is 10.7. The molecule has 0 bridgehead atoms. The predicted molar refractivity (Wildman–Crippen MR) is 451 cm³/mol. The van der Waals surface area contributed by atoms with Crippen molar-refractivity contribution in [1.82, 2.24) is 0 Å². The van der Waals surface area contributed by atoms with Crippen LogP contribution in [-0.2, 0) is 65.4 Å². The van der Waals surface area contributed by atoms with Gasteiger partial charge >= 0.3 is 39.5 Å². The van der Waals surface area contributed by atoms with Crippen molar-refractivity contribution < 1.29 is 80.2 Å². The summed E-state index contributed by atoms with van der Waals surface area (Å²) >= 11 is 0. The van der Waals surface area contributed by atoms with Crippen LogP contribution in [0, 0.1) is 23.7 Å². The number of phosphoric acid groups is 2. The van der Waals surface area contributed by atoms with E-state index in [0.717, 1.165) is 120 Å². The SMILES string of the molecule is CCC(C)CCCCCCCCCCCCCCCCCCCCC(=O)OC[C@H](COP(=O)(O)OC[C@@H](O)COP(=O)(O)OC[C@@H](COC(=O)CCCCCCCCC(C)CC)OC(=O)CCCCCCCCCCCCCCCCCCCCC(C)CC)OC(=O)CCCCCCCCCCCCCCC(C)C. The topological polar surface area (TPSA) is 237 Å². The molecule has 8 atom stereocenters. The summed E-state index contributed by atoms with van der Waals surface area (Å²) < 4.78 is 69.0. The van der Waals surface area contributed by atoms with Gasteiger partial charge < -0.3 is 33.8 Å². The second-order valence-electron chi connectivity index (χ2n) is 33.5. The van der Waals surface area contributed by atoms with Crippen molar-refractivity contribution in [3.05, 3.63) is 0 Å². The molecule has 0 aliphatic heterocycles. The van der Waals surface area contributed by atoms with Crippen LogP contribution in [0.15, 0.2) is 0 Å². The molecule has 17 nitrogen and oxygen atoms in total. The lowest BCUT2D eigenvalue weighted by Crippen LogP contribution is -2.30. The van der Waals surface area contributed by atoms with Crippen molar-refractivity contribution in [1.29, 1.82) is 0 Å². The molecule has 0 spiro atoms. The smallest absolute Gasteiger partial charge is 0.462 e. The van der Waals surface area contributed by atoms with Crippen LogP contribution in [0.2, 0.25) is 0 Å². The zero-order valence-electron chi connectivity index (χ0n) is 72.2. The molecule has 5 unspecified atom stereocenters. The number of hydrogen-bond donors (Lipinski definition) is 3. The van der Waals surface area contributed by atoms with Gasteiger partial charge in [0.05, 0.1) is 26.4 Å². The molecule has 0 fully saturated rings. The van der Waals surface area contributed by atoms with Crippen molar-refractivity contribution in [2.45, 2.75) is 491 Å². The number of esters is 4. The molecule has 648 valence electrons. The van der Waals surface area contributed by atoms with Crippen LogP contribution < -0.4 is 0 Å². The molecule has 0 heterocycles. The highest BCUT2D eigenvalue weighted by atomic mass is 31.2. The van der Waals surface area contributed by atoms with Crippen molar-refractivity contribution in [2.75, 3.05) is 39.6 Å². The molecular weight excluding hydrogens is 1410 g/mol. The average Bonchev–Trinajstić information content (AvgIpc) is 0.902. The first kappa shape index (κ1) is 107. The zero-order valence-corrected chi connectivity index (χ0v) is 74.0. The molecule has 0 saturated carbocycles. The number of aliphatic hydroxyl groups excluding tert-OH is 1. The molecular formula is C90H176O17P2. The molecule has 0 aromatic rings. The molecule has 19 heteroatoms. The van der Waals surface area contributed by atoms with Crippen LogP contribution in [0.4, 0.5) is 0 Å². The summed E-state index contributed by atoms with van der Waals surface area (Å²) in [6, 6.07) is 0. The van der Waals surface area contributed by atoms with Crippen molar-refractivity contribution >= 4 is 39.5 Å². The van der Waals surface area contributed by atoms with Crippen LogP contribution in [0.3, 0.4) is 0 Å². The van der Waals surface area contributed by atoms with Crippen molar-refractivity contribution in [3.63, 3.8) is 0 Å². The van der Waals surface area contributed by atoms with Crippen molar-refractivity contribution in [2.24, 2.45) is 23.7 Å². The first-order valence-electron chi connectivity index (χ1n) is 46.3. The third kappa shape index (κ3) is 79.7. The summed E-state index contributed by atoms with van der Waals surface area (Å²) in [5.74, 6) is 1.15. The number of ether oxygens (including phenoxy) is 4. The third-order valence-corrected chi connectivity index (χ3v) is 24.1. The van der Waals surface area contributed by atoms with Gasteiger partial charge in [-0.25, -0.2) is 9.13 Å². The van der Waals surface area contributed by atoms with E-state index in [9.17, 15) is 43.2 Å². The fourth-order valence-corrected chi connectivity index (χ4v) is 15.5. The van der Waals surface area contributed by atoms with Crippen LogP contribution in [0.5, 0.6) is 0 Å². The van der Waals surface area contributed by atoms with E-state index in [0.29, 0.717) is 25.7 Å². The molecule has 0 aromatic carbocycles. The zero-order chi connectivity index (χ0) is 80.2. The van der Waals surface area contributed by atoms with E-state index >= 15 is 0 Å². The Kier molecular flexibility index (Phi) is 77.2. The largest absolute Gasteiger partial charge is 0.472 e. The summed E-state index contributed by atoms with van der Waals surface area (Å²) in [5.41, 5.74) is 0. The number of aliphatic hydroxyl groups is 1. The fourth-order valence-electron chi connectivity index (χ4n) is 13.9. The van der Waals surface area contributed by atoms with Gasteiger partial charge in [-0.1, -0.05) is 421 Å². The molecule has 0 radical (unpaired) electrons. The van der Waals surface area contributed by atoms with Crippen LogP contribution >= 0.6 is 15.6 Å². The third-order valence-electron chi connectivity index (χ3n) is 22.2. The van der Waals surface area contributed by atoms with E-state index in [1.165, 1.54) is 270 Å². The van der Waals surface area contributed by atoms with Gasteiger partial charge in [0, 0.05) is 25.7 Å². The number of carbonyl (C=O) groups excluding carboxylic acids is 4. The summed E-state index contributed by atoms with van der Waals surface area (Å²) in [6.07, 6.45) is 69.5. The molecule has 0 aromatic heterocycles. The van der Waals surface area contributed by atoms with Crippen LogP contribution in [0.1, 0.15) is 473 Å². The Morgan fingerprint density at radius 2 is 0.440 bits per heavy atom. The normalized spacial score (nSPS) is 14.6. The van der Waals surface area contributed by atoms with E-state index in [2.05, 4.69) is 55.4 Å². The number of rotatable bonds is 87. The first-order chi connectivity index (χ1) is 52.7. The molecule has 0 amide bonds. The molecule has 0 saturated heterocycles. The molecule has 3 N–H and O–H groups in total. The number of hydrogen-bond acceptors (Lipinski definition) is 15. The molecule has 0 aliphatic rings. The highest BCUT2D eigenvalue weighted by Gasteiger charge is 2.31. The number of carbonyl (C=O) groups is 4. The Morgan fingerprint density at radius 1 is 0.257 bits per heavy atom. The highest BCUT2D eigenvalue weighted by molar-refractivity contribution is 7.47. The monoisotopic (exact) mass is 1590 g/mol. The number of phosphoric ester groups is 2. The van der Waals surface area contributed by atoms with E-state index in [1.54, 1.807) is 0 Å². The Morgan fingerprint density at radius 3 is 0.651 bits per heavy atom. The van der Waals surface area contributed by atoms with Gasteiger partial charge in [-0.05, 0) is 49.4 Å². The van der Waals surface area contributed by atoms with Gasteiger partial charge in [0.25, 0.3) is 0 Å². The van der Waals surface area contributed by atoms with Crippen LogP contribution in [-0.4, -0.2) is 96.7 Å². The lowest BCUT2D eigenvalue weighted by Gasteiger charge is -2.21. The van der Waals surface area contributed by atoms with Crippen LogP contribution in [0.25, 0.3) is 0 Å². The summed E-state index contributed by atoms with van der Waals surface area (Å²) in [7, 11) is -9.93. The van der Waals surface area contributed by atoms with Crippen molar-refractivity contribution in [3.8, 4) is 0 Å². The Labute approximate surface area is 670 Å². The molecule has 0 aliphatic carbocycles. The molecule has 109 heavy (non-hydrogen) atoms. The van der Waals surface area contributed by atoms with E-state index < -0.39 is 97.5 Å². The van der Waals surface area contributed by atoms with Gasteiger partial charge in [0.1, 0.15) is 19.3 Å². The first-order valence-corrected chi connectivity index (χ1v) is 49.3. The maximum Gasteiger partial charge on any atom is 0.472 e. The lowest BCUT2D eigenvalue weighted by molar-refractivity contribution is -0.161. The van der Waals surface area contributed by atoms with Gasteiger partial charge in [-0.3, -0.25) is 37.3 Å². The second-order valence-corrected chi connectivity index (χ2v) is 36.5. The fraction of sp³-hybridized carbons (Fsp3) is 0.956. The predicted octanol–water partition coefficient (Wildman–Crippen LogP) is 27.5. The summed E-state index contributed by atoms with van der Waals surface area (Å²) in [6.45, 7) is 14.4. The minimum atomic E-state index is -4.97. The van der Waals surface area contributed by atoms with E-state index in [4.69, 9.17) is 37.0 Å². The Bertz CT molecular complexity index is 2120. The summed E-state index contributed by atoms with van der Waals surface area (Å²) in [4.78, 5) is 73.3. The Balaban J connectivity index is 5.18. The standard InChI is InChI=1S/C90H176O17P2/c1-9-81(6)67-59-51-43-37-31-24-20-16-12-14-18-22-26-33-39-45-54-62-70-87(92)100-76-85(106-89(94)73-65-57-47-41-35-29-28-30-36-42-50-58-66-80(4)5)78-104-108(96,97)102-74-84(91)75-103-109(98,99)105-79-86(77-101-88(93)71-63-55-49-48-53-61-69-83(8)11-3)107-90(95)72-64-56-46-40-34-27-23-19-15-13-17-21-25-32-38-44-52-60-68-82(7)10-2/h80-86,91H,9-79H2,1-8H3,(H,96,97)(H,98,99)/t81?,82?,83?,84-,85-,86-/m1/s1. The van der Waals surface area contributed by atoms with Gasteiger partial charge in [0.2, 0.25) is 0 Å². The van der Waals surface area contributed by atoms with Gasteiger partial charge in [-0.2, -0.15) is 0 Å². The lowest BCUT2D eigenvalue weighted by atomic mass is 9.99. The molecule has 0 rings (SSSR count). The average molecular weight is 1590 g/mol. The minimum absolute atomic E-state index is 0.107. The maximum absolute atomic E-state index is 13.2. The van der Waals surface area contributed by atoms with Gasteiger partial charge in [0.15, 0.2) is 12.2 Å².